The molecule has 0 aliphatic heterocycles. The number of carbonyl (C=O) groups is 2. The van der Waals surface area contributed by atoms with Gasteiger partial charge >= 0.3 is 11.9 Å². The fraction of sp³-hybridized carbons (Fsp3) is 0.385. The second-order valence-electron chi connectivity index (χ2n) is 4.23. The summed E-state index contributed by atoms with van der Waals surface area (Å²) in [5.41, 5.74) is 0.627. The first kappa shape index (κ1) is 15.7. The molecule has 8 heteroatoms. The Labute approximate surface area is 129 Å². The minimum absolute atomic E-state index is 0.246. The highest BCUT2D eigenvalue weighted by Crippen LogP contribution is 2.36. The standard InChI is InChI=1S/C13H14N2O4S2/c1-4-19-13(18)7(3)20-10-8-6(2)9(12(16)17)21-11(8)15-5-14-10/h5,7H,4H2,1-3H3,(H,16,17). The number of thioether (sulfide) groups is 1. The van der Waals surface area contributed by atoms with Crippen molar-refractivity contribution in [1.82, 2.24) is 9.97 Å². The van der Waals surface area contributed by atoms with Crippen molar-refractivity contribution in [3.63, 3.8) is 0 Å². The first-order chi connectivity index (χ1) is 9.95. The van der Waals surface area contributed by atoms with Gasteiger partial charge in [0.25, 0.3) is 0 Å². The molecule has 2 heterocycles. The molecule has 0 saturated carbocycles. The van der Waals surface area contributed by atoms with Crippen LogP contribution in [0.2, 0.25) is 0 Å². The number of hydrogen-bond donors (Lipinski definition) is 1. The largest absolute Gasteiger partial charge is 0.477 e. The summed E-state index contributed by atoms with van der Waals surface area (Å²) in [5.74, 6) is -1.30. The number of esters is 1. The van der Waals surface area contributed by atoms with Crippen LogP contribution in [0.4, 0.5) is 0 Å². The van der Waals surface area contributed by atoms with Crippen LogP contribution in [0.3, 0.4) is 0 Å². The van der Waals surface area contributed by atoms with Crippen molar-refractivity contribution in [2.24, 2.45) is 0 Å². The topological polar surface area (TPSA) is 89.4 Å². The van der Waals surface area contributed by atoms with Gasteiger partial charge in [0.2, 0.25) is 0 Å². The molecule has 112 valence electrons. The fourth-order valence-corrected chi connectivity index (χ4v) is 3.83. The van der Waals surface area contributed by atoms with E-state index >= 15 is 0 Å². The zero-order valence-corrected chi connectivity index (χ0v) is 13.4. The summed E-state index contributed by atoms with van der Waals surface area (Å²) in [6.45, 7) is 5.53. The Bertz CT molecular complexity index is 699. The van der Waals surface area contributed by atoms with Crippen molar-refractivity contribution in [3.05, 3.63) is 16.8 Å². The summed E-state index contributed by atoms with van der Waals surface area (Å²) >= 11 is 2.36. The Balaban J connectivity index is 2.40. The first-order valence-electron chi connectivity index (χ1n) is 6.26. The molecule has 0 radical (unpaired) electrons. The number of ether oxygens (including phenoxy) is 1. The predicted octanol–water partition coefficient (Wildman–Crippen LogP) is 2.74. The third-order valence-corrected chi connectivity index (χ3v) is 5.06. The molecule has 6 nitrogen and oxygen atoms in total. The summed E-state index contributed by atoms with van der Waals surface area (Å²) in [5, 5.41) is 10.1. The Morgan fingerprint density at radius 2 is 2.19 bits per heavy atom. The van der Waals surface area contributed by atoms with E-state index in [1.54, 1.807) is 20.8 Å². The van der Waals surface area contributed by atoms with E-state index in [0.717, 1.165) is 11.3 Å². The van der Waals surface area contributed by atoms with E-state index in [1.807, 2.05) is 0 Å². The molecular weight excluding hydrogens is 312 g/mol. The van der Waals surface area contributed by atoms with Gasteiger partial charge in [-0.3, -0.25) is 4.79 Å². The molecule has 2 aromatic rings. The number of aryl methyl sites for hydroxylation is 1. The molecule has 1 atom stereocenters. The molecule has 1 unspecified atom stereocenters. The average Bonchev–Trinajstić information content (AvgIpc) is 2.77. The van der Waals surface area contributed by atoms with Crippen molar-refractivity contribution in [1.29, 1.82) is 0 Å². The van der Waals surface area contributed by atoms with Crippen LogP contribution in [0.15, 0.2) is 11.4 Å². The van der Waals surface area contributed by atoms with E-state index in [1.165, 1.54) is 18.1 Å². The molecule has 0 saturated heterocycles. The average molecular weight is 326 g/mol. The summed E-state index contributed by atoms with van der Waals surface area (Å²) in [7, 11) is 0. The Morgan fingerprint density at radius 1 is 1.48 bits per heavy atom. The van der Waals surface area contributed by atoms with Crippen LogP contribution in [0, 0.1) is 6.92 Å². The van der Waals surface area contributed by atoms with Gasteiger partial charge in [0.05, 0.1) is 6.61 Å². The number of aromatic nitrogens is 2. The van der Waals surface area contributed by atoms with Crippen LogP contribution in [-0.2, 0) is 9.53 Å². The smallest absolute Gasteiger partial charge is 0.346 e. The number of hydrogen-bond acceptors (Lipinski definition) is 7. The molecule has 0 aromatic carbocycles. The van der Waals surface area contributed by atoms with E-state index in [-0.39, 0.29) is 10.8 Å². The lowest BCUT2D eigenvalue weighted by Crippen LogP contribution is -2.16. The third kappa shape index (κ3) is 3.16. The van der Waals surface area contributed by atoms with Crippen molar-refractivity contribution >= 4 is 45.3 Å². The zero-order chi connectivity index (χ0) is 15.6. The van der Waals surface area contributed by atoms with Crippen LogP contribution >= 0.6 is 23.1 Å². The molecule has 21 heavy (non-hydrogen) atoms. The van der Waals surface area contributed by atoms with Gasteiger partial charge < -0.3 is 9.84 Å². The highest BCUT2D eigenvalue weighted by atomic mass is 32.2. The monoisotopic (exact) mass is 326 g/mol. The maximum absolute atomic E-state index is 11.7. The van der Waals surface area contributed by atoms with Crippen LogP contribution in [0.25, 0.3) is 10.2 Å². The van der Waals surface area contributed by atoms with Crippen molar-refractivity contribution < 1.29 is 19.4 Å². The van der Waals surface area contributed by atoms with Crippen LogP contribution < -0.4 is 0 Å². The SMILES string of the molecule is CCOC(=O)C(C)Sc1ncnc2sc(C(=O)O)c(C)c12. The maximum Gasteiger partial charge on any atom is 0.346 e. The predicted molar refractivity (Wildman–Crippen MR) is 81.1 cm³/mol. The van der Waals surface area contributed by atoms with Gasteiger partial charge in [-0.2, -0.15) is 0 Å². The quantitative estimate of drug-likeness (QED) is 0.513. The lowest BCUT2D eigenvalue weighted by Gasteiger charge is -2.10. The lowest BCUT2D eigenvalue weighted by atomic mass is 10.2. The van der Waals surface area contributed by atoms with E-state index in [0.29, 0.717) is 27.4 Å². The molecule has 0 amide bonds. The number of carboxylic acid groups (broad SMARTS) is 1. The number of nitrogens with zero attached hydrogens (tertiary/aromatic N) is 2. The summed E-state index contributed by atoms with van der Waals surface area (Å²) in [6.07, 6.45) is 1.38. The van der Waals surface area contributed by atoms with Gasteiger partial charge in [-0.1, -0.05) is 11.8 Å². The number of fused-ring (bicyclic) bond motifs is 1. The molecule has 0 fully saturated rings. The summed E-state index contributed by atoms with van der Waals surface area (Å²) in [6, 6.07) is 0. The van der Waals surface area contributed by atoms with E-state index in [9.17, 15) is 14.7 Å². The Hall–Kier alpha value is -1.67. The molecule has 0 aliphatic carbocycles. The van der Waals surface area contributed by atoms with Crippen LogP contribution in [0.5, 0.6) is 0 Å². The fourth-order valence-electron chi connectivity index (χ4n) is 1.81. The Kier molecular flexibility index (Phi) is 4.79. The van der Waals surface area contributed by atoms with Crippen molar-refractivity contribution in [2.45, 2.75) is 31.0 Å². The van der Waals surface area contributed by atoms with Gasteiger partial charge in [-0.05, 0) is 26.3 Å². The second kappa shape index (κ2) is 6.40. The van der Waals surface area contributed by atoms with Gasteiger partial charge in [0.1, 0.15) is 26.3 Å². The molecular formula is C13H14N2O4S2. The molecule has 1 N–H and O–H groups in total. The molecule has 0 spiro atoms. The van der Waals surface area contributed by atoms with Crippen molar-refractivity contribution in [3.8, 4) is 0 Å². The number of rotatable bonds is 5. The number of aromatic carboxylic acids is 1. The maximum atomic E-state index is 11.7. The molecule has 2 rings (SSSR count). The highest BCUT2D eigenvalue weighted by molar-refractivity contribution is 8.00. The van der Waals surface area contributed by atoms with Gasteiger partial charge in [-0.25, -0.2) is 14.8 Å². The van der Waals surface area contributed by atoms with E-state index in [4.69, 9.17) is 4.74 Å². The summed E-state index contributed by atoms with van der Waals surface area (Å²) < 4.78 is 4.97. The van der Waals surface area contributed by atoms with Gasteiger partial charge in [0.15, 0.2) is 0 Å². The van der Waals surface area contributed by atoms with E-state index < -0.39 is 11.2 Å². The van der Waals surface area contributed by atoms with E-state index in [2.05, 4.69) is 9.97 Å². The van der Waals surface area contributed by atoms with Gasteiger partial charge in [-0.15, -0.1) is 11.3 Å². The first-order valence-corrected chi connectivity index (χ1v) is 7.96. The minimum Gasteiger partial charge on any atom is -0.477 e. The number of carboxylic acids is 1. The number of carbonyl (C=O) groups excluding carboxylic acids is 1. The second-order valence-corrected chi connectivity index (χ2v) is 6.56. The summed E-state index contributed by atoms with van der Waals surface area (Å²) in [4.78, 5) is 32.0. The lowest BCUT2D eigenvalue weighted by molar-refractivity contribution is -0.142. The zero-order valence-electron chi connectivity index (χ0n) is 11.7. The van der Waals surface area contributed by atoms with Crippen molar-refractivity contribution in [2.75, 3.05) is 6.61 Å². The Morgan fingerprint density at radius 3 is 2.81 bits per heavy atom. The molecule has 2 aromatic heterocycles. The third-order valence-electron chi connectivity index (χ3n) is 2.79. The normalized spacial score (nSPS) is 12.3. The minimum atomic E-state index is -0.982. The van der Waals surface area contributed by atoms with Crippen LogP contribution in [0.1, 0.15) is 29.1 Å². The van der Waals surface area contributed by atoms with Gasteiger partial charge in [0, 0.05) is 5.39 Å². The highest BCUT2D eigenvalue weighted by Gasteiger charge is 2.22. The molecule has 0 aliphatic rings. The van der Waals surface area contributed by atoms with Crippen LogP contribution in [-0.4, -0.2) is 38.9 Å². The number of thiophene rings is 1. The molecule has 0 bridgehead atoms.